The molecule has 0 bridgehead atoms. The number of halogens is 1. The van der Waals surface area contributed by atoms with E-state index in [1.54, 1.807) is 11.3 Å². The second-order valence-corrected chi connectivity index (χ2v) is 4.69. The molecule has 3 heteroatoms. The van der Waals surface area contributed by atoms with Crippen molar-refractivity contribution in [2.24, 2.45) is 5.73 Å². The van der Waals surface area contributed by atoms with E-state index < -0.39 is 0 Å². The van der Waals surface area contributed by atoms with Crippen molar-refractivity contribution in [3.63, 3.8) is 0 Å². The van der Waals surface area contributed by atoms with Gasteiger partial charge in [-0.05, 0) is 34.0 Å². The largest absolute Gasteiger partial charge is 0.320 e. The van der Waals surface area contributed by atoms with Crippen LogP contribution in [0.15, 0.2) is 45.6 Å². The van der Waals surface area contributed by atoms with Gasteiger partial charge in [0, 0.05) is 4.47 Å². The Labute approximate surface area is 95.7 Å². The van der Waals surface area contributed by atoms with Gasteiger partial charge >= 0.3 is 0 Å². The maximum Gasteiger partial charge on any atom is 0.0571 e. The molecule has 0 fully saturated rings. The normalized spacial score (nSPS) is 12.7. The molecule has 0 spiro atoms. The summed E-state index contributed by atoms with van der Waals surface area (Å²) < 4.78 is 1.07. The molecular weight excluding hydrogens is 258 g/mol. The average molecular weight is 268 g/mol. The lowest BCUT2D eigenvalue weighted by molar-refractivity contribution is 0.871. The van der Waals surface area contributed by atoms with E-state index in [2.05, 4.69) is 27.4 Å². The zero-order valence-electron chi connectivity index (χ0n) is 7.48. The zero-order chi connectivity index (χ0) is 9.97. The smallest absolute Gasteiger partial charge is 0.0571 e. The molecule has 1 atom stereocenters. The molecule has 0 amide bonds. The number of thiophene rings is 1. The summed E-state index contributed by atoms with van der Waals surface area (Å²) >= 11 is 5.18. The minimum Gasteiger partial charge on any atom is -0.320 e. The van der Waals surface area contributed by atoms with E-state index >= 15 is 0 Å². The molecular formula is C11H10BrNS. The van der Waals surface area contributed by atoms with Crippen LogP contribution in [0.5, 0.6) is 0 Å². The number of nitrogens with two attached hydrogens (primary N) is 1. The SMILES string of the molecule is NC(c1ccsc1)c1ccccc1Br. The second-order valence-electron chi connectivity index (χ2n) is 3.06. The second kappa shape index (κ2) is 4.26. The van der Waals surface area contributed by atoms with Gasteiger partial charge in [0.2, 0.25) is 0 Å². The molecule has 1 aromatic carbocycles. The van der Waals surface area contributed by atoms with E-state index in [0.29, 0.717) is 0 Å². The third-order valence-electron chi connectivity index (χ3n) is 2.14. The fraction of sp³-hybridized carbons (Fsp3) is 0.0909. The molecule has 1 nitrogen and oxygen atoms in total. The fourth-order valence-electron chi connectivity index (χ4n) is 1.36. The first-order chi connectivity index (χ1) is 6.79. The summed E-state index contributed by atoms with van der Waals surface area (Å²) in [4.78, 5) is 0. The average Bonchev–Trinajstić information content (AvgIpc) is 2.70. The van der Waals surface area contributed by atoms with Crippen LogP contribution in [0.2, 0.25) is 0 Å². The highest BCUT2D eigenvalue weighted by Crippen LogP contribution is 2.27. The monoisotopic (exact) mass is 267 g/mol. The molecule has 2 rings (SSSR count). The van der Waals surface area contributed by atoms with E-state index in [9.17, 15) is 0 Å². The number of hydrogen-bond acceptors (Lipinski definition) is 2. The Hall–Kier alpha value is -0.640. The summed E-state index contributed by atoms with van der Waals surface area (Å²) in [5.74, 6) is 0. The van der Waals surface area contributed by atoms with Gasteiger partial charge in [0.15, 0.2) is 0 Å². The van der Waals surface area contributed by atoms with Crippen LogP contribution in [0.1, 0.15) is 17.2 Å². The Morgan fingerprint density at radius 1 is 1.21 bits per heavy atom. The van der Waals surface area contributed by atoms with Gasteiger partial charge in [-0.2, -0.15) is 11.3 Å². The van der Waals surface area contributed by atoms with Gasteiger partial charge in [0.25, 0.3) is 0 Å². The van der Waals surface area contributed by atoms with Gasteiger partial charge in [-0.15, -0.1) is 0 Å². The molecule has 1 aromatic heterocycles. The number of benzene rings is 1. The first-order valence-electron chi connectivity index (χ1n) is 4.31. The van der Waals surface area contributed by atoms with E-state index in [1.807, 2.05) is 29.6 Å². The van der Waals surface area contributed by atoms with E-state index in [0.717, 1.165) is 10.0 Å². The zero-order valence-corrected chi connectivity index (χ0v) is 9.88. The lowest BCUT2D eigenvalue weighted by atomic mass is 10.0. The molecule has 14 heavy (non-hydrogen) atoms. The highest BCUT2D eigenvalue weighted by atomic mass is 79.9. The lowest BCUT2D eigenvalue weighted by Crippen LogP contribution is -2.11. The molecule has 1 heterocycles. The maximum absolute atomic E-state index is 6.14. The van der Waals surface area contributed by atoms with Crippen molar-refractivity contribution in [3.8, 4) is 0 Å². The van der Waals surface area contributed by atoms with Crippen molar-refractivity contribution in [2.45, 2.75) is 6.04 Å². The highest BCUT2D eigenvalue weighted by Gasteiger charge is 2.11. The Balaban J connectivity index is 2.37. The Kier molecular flexibility index (Phi) is 3.01. The fourth-order valence-corrected chi connectivity index (χ4v) is 2.59. The van der Waals surface area contributed by atoms with Crippen LogP contribution in [-0.2, 0) is 0 Å². The summed E-state index contributed by atoms with van der Waals surface area (Å²) in [6, 6.07) is 10.1. The molecule has 0 saturated heterocycles. The molecule has 0 saturated carbocycles. The van der Waals surface area contributed by atoms with Crippen molar-refractivity contribution in [2.75, 3.05) is 0 Å². The van der Waals surface area contributed by atoms with Gasteiger partial charge in [-0.25, -0.2) is 0 Å². The van der Waals surface area contributed by atoms with Crippen LogP contribution < -0.4 is 5.73 Å². The van der Waals surface area contributed by atoms with Crippen molar-refractivity contribution in [3.05, 3.63) is 56.7 Å². The molecule has 0 radical (unpaired) electrons. The molecule has 1 unspecified atom stereocenters. The van der Waals surface area contributed by atoms with E-state index in [4.69, 9.17) is 5.73 Å². The van der Waals surface area contributed by atoms with Crippen LogP contribution >= 0.6 is 27.3 Å². The van der Waals surface area contributed by atoms with Gasteiger partial charge in [0.1, 0.15) is 0 Å². The summed E-state index contributed by atoms with van der Waals surface area (Å²) in [5, 5.41) is 4.14. The van der Waals surface area contributed by atoms with Gasteiger partial charge in [-0.1, -0.05) is 34.1 Å². The topological polar surface area (TPSA) is 26.0 Å². The van der Waals surface area contributed by atoms with Crippen LogP contribution in [0.25, 0.3) is 0 Å². The third kappa shape index (κ3) is 1.90. The standard InChI is InChI=1S/C11H10BrNS/c12-10-4-2-1-3-9(10)11(13)8-5-6-14-7-8/h1-7,11H,13H2. The minimum atomic E-state index is -0.0307. The van der Waals surface area contributed by atoms with Gasteiger partial charge in [-0.3, -0.25) is 0 Å². The van der Waals surface area contributed by atoms with E-state index in [1.165, 1.54) is 5.56 Å². The molecule has 2 aromatic rings. The summed E-state index contributed by atoms with van der Waals surface area (Å²) in [7, 11) is 0. The van der Waals surface area contributed by atoms with Crippen LogP contribution in [0.4, 0.5) is 0 Å². The molecule has 0 aliphatic rings. The lowest BCUT2D eigenvalue weighted by Gasteiger charge is -2.11. The molecule has 72 valence electrons. The quantitative estimate of drug-likeness (QED) is 0.885. The molecule has 2 N–H and O–H groups in total. The van der Waals surface area contributed by atoms with Crippen molar-refractivity contribution in [1.82, 2.24) is 0 Å². The minimum absolute atomic E-state index is 0.0307. The Morgan fingerprint density at radius 2 is 2.00 bits per heavy atom. The Morgan fingerprint density at radius 3 is 2.64 bits per heavy atom. The summed E-state index contributed by atoms with van der Waals surface area (Å²) in [6.45, 7) is 0. The van der Waals surface area contributed by atoms with Crippen molar-refractivity contribution >= 4 is 27.3 Å². The summed E-state index contributed by atoms with van der Waals surface area (Å²) in [5.41, 5.74) is 8.44. The predicted octanol–water partition coefficient (Wildman–Crippen LogP) is 3.56. The van der Waals surface area contributed by atoms with Crippen LogP contribution in [0, 0.1) is 0 Å². The maximum atomic E-state index is 6.14. The van der Waals surface area contributed by atoms with Crippen LogP contribution in [0.3, 0.4) is 0 Å². The Bertz CT molecular complexity index is 411. The summed E-state index contributed by atoms with van der Waals surface area (Å²) in [6.07, 6.45) is 0. The first-order valence-corrected chi connectivity index (χ1v) is 6.04. The third-order valence-corrected chi connectivity index (χ3v) is 3.57. The first kappa shape index (κ1) is 9.90. The van der Waals surface area contributed by atoms with Crippen LogP contribution in [-0.4, -0.2) is 0 Å². The van der Waals surface area contributed by atoms with Crippen molar-refractivity contribution < 1.29 is 0 Å². The highest BCUT2D eigenvalue weighted by molar-refractivity contribution is 9.10. The van der Waals surface area contributed by atoms with E-state index in [-0.39, 0.29) is 6.04 Å². The van der Waals surface area contributed by atoms with Crippen molar-refractivity contribution in [1.29, 1.82) is 0 Å². The van der Waals surface area contributed by atoms with Gasteiger partial charge < -0.3 is 5.73 Å². The predicted molar refractivity (Wildman–Crippen MR) is 64.5 cm³/mol. The molecule has 0 aliphatic heterocycles. The number of hydrogen-bond donors (Lipinski definition) is 1. The number of rotatable bonds is 2. The molecule has 0 aliphatic carbocycles. The van der Waals surface area contributed by atoms with Gasteiger partial charge in [0.05, 0.1) is 6.04 Å².